The zero-order valence-electron chi connectivity index (χ0n) is 12.4. The lowest BCUT2D eigenvalue weighted by molar-refractivity contribution is 0.402. The van der Waals surface area contributed by atoms with Crippen LogP contribution in [0.4, 0.5) is 0 Å². The molecule has 3 rings (SSSR count). The average molecular weight is 317 g/mol. The lowest BCUT2D eigenvalue weighted by Gasteiger charge is -2.19. The van der Waals surface area contributed by atoms with Crippen molar-refractivity contribution in [3.05, 3.63) is 53.1 Å². The molecule has 2 atom stereocenters. The van der Waals surface area contributed by atoms with Crippen LogP contribution < -0.4 is 5.32 Å². The SMILES string of the molecule is C[S+]([O-])c1cccc(C2CNCCc3cc(O)c(O)cc32)c1. The van der Waals surface area contributed by atoms with Crippen molar-refractivity contribution in [3.63, 3.8) is 0 Å². The first-order valence-corrected chi connectivity index (χ1v) is 8.81. The van der Waals surface area contributed by atoms with E-state index in [0.29, 0.717) is 0 Å². The Morgan fingerprint density at radius 1 is 1.18 bits per heavy atom. The van der Waals surface area contributed by atoms with Crippen LogP contribution in [0.15, 0.2) is 41.3 Å². The number of nitrogens with one attached hydrogen (secondary N) is 1. The van der Waals surface area contributed by atoms with Gasteiger partial charge in [0.15, 0.2) is 16.4 Å². The van der Waals surface area contributed by atoms with Gasteiger partial charge in [-0.1, -0.05) is 12.1 Å². The minimum atomic E-state index is -1.02. The van der Waals surface area contributed by atoms with Crippen LogP contribution in [0.25, 0.3) is 0 Å². The van der Waals surface area contributed by atoms with Crippen molar-refractivity contribution in [2.75, 3.05) is 19.3 Å². The van der Waals surface area contributed by atoms with Crippen molar-refractivity contribution in [3.8, 4) is 11.5 Å². The first kappa shape index (κ1) is 15.2. The standard InChI is InChI=1S/C17H19NO3S/c1-22(21)13-4-2-3-11(7-13)15-10-18-6-5-12-8-16(19)17(20)9-14(12)15/h2-4,7-9,15,18-20H,5-6,10H2,1H3. The number of hydrogen-bond donors (Lipinski definition) is 3. The molecule has 0 bridgehead atoms. The predicted molar refractivity (Wildman–Crippen MR) is 87.0 cm³/mol. The third kappa shape index (κ3) is 2.92. The van der Waals surface area contributed by atoms with E-state index in [1.54, 1.807) is 18.4 Å². The summed E-state index contributed by atoms with van der Waals surface area (Å²) in [5, 5.41) is 23.0. The van der Waals surface area contributed by atoms with Crippen molar-refractivity contribution >= 4 is 11.2 Å². The third-order valence-corrected chi connectivity index (χ3v) is 5.04. The molecule has 1 aliphatic rings. The van der Waals surface area contributed by atoms with Crippen LogP contribution in [0.2, 0.25) is 0 Å². The Bertz CT molecular complexity index is 688. The van der Waals surface area contributed by atoms with E-state index in [9.17, 15) is 14.8 Å². The number of phenolic OH excluding ortho intramolecular Hbond substituents is 2. The largest absolute Gasteiger partial charge is 0.612 e. The summed E-state index contributed by atoms with van der Waals surface area (Å²) in [6.45, 7) is 1.57. The van der Waals surface area contributed by atoms with Crippen LogP contribution in [0.3, 0.4) is 0 Å². The van der Waals surface area contributed by atoms with Crippen LogP contribution >= 0.6 is 0 Å². The molecule has 0 fully saturated rings. The van der Waals surface area contributed by atoms with Crippen molar-refractivity contribution in [2.24, 2.45) is 0 Å². The summed E-state index contributed by atoms with van der Waals surface area (Å²) >= 11 is -1.02. The maximum atomic E-state index is 11.7. The summed E-state index contributed by atoms with van der Waals surface area (Å²) in [5.74, 6) is -0.115. The molecule has 116 valence electrons. The second-order valence-electron chi connectivity index (χ2n) is 5.57. The maximum absolute atomic E-state index is 11.7. The van der Waals surface area contributed by atoms with Gasteiger partial charge >= 0.3 is 0 Å². The summed E-state index contributed by atoms with van der Waals surface area (Å²) in [4.78, 5) is 0.797. The summed E-state index contributed by atoms with van der Waals surface area (Å²) in [6.07, 6.45) is 2.47. The first-order chi connectivity index (χ1) is 10.6. The van der Waals surface area contributed by atoms with Crippen molar-refractivity contribution in [1.29, 1.82) is 0 Å². The summed E-state index contributed by atoms with van der Waals surface area (Å²) < 4.78 is 11.7. The van der Waals surface area contributed by atoms with E-state index in [2.05, 4.69) is 5.32 Å². The smallest absolute Gasteiger partial charge is 0.157 e. The Morgan fingerprint density at radius 3 is 2.73 bits per heavy atom. The number of benzene rings is 2. The van der Waals surface area contributed by atoms with Crippen molar-refractivity contribution < 1.29 is 14.8 Å². The fraction of sp³-hybridized carbons (Fsp3) is 0.294. The van der Waals surface area contributed by atoms with Gasteiger partial charge in [-0.15, -0.1) is 0 Å². The first-order valence-electron chi connectivity index (χ1n) is 7.25. The molecule has 3 N–H and O–H groups in total. The third-order valence-electron chi connectivity index (χ3n) is 4.12. The normalized spacial score (nSPS) is 19.3. The highest BCUT2D eigenvalue weighted by molar-refractivity contribution is 7.90. The Morgan fingerprint density at radius 2 is 1.95 bits per heavy atom. The minimum Gasteiger partial charge on any atom is -0.612 e. The van der Waals surface area contributed by atoms with Gasteiger partial charge in [-0.3, -0.25) is 0 Å². The van der Waals surface area contributed by atoms with Gasteiger partial charge in [-0.25, -0.2) is 0 Å². The number of phenols is 2. The molecule has 0 amide bonds. The molecule has 2 aromatic rings. The van der Waals surface area contributed by atoms with Gasteiger partial charge in [-0.05, 0) is 65.1 Å². The van der Waals surface area contributed by atoms with E-state index in [1.165, 1.54) is 0 Å². The summed E-state index contributed by atoms with van der Waals surface area (Å²) in [7, 11) is 0. The molecule has 0 radical (unpaired) electrons. The van der Waals surface area contributed by atoms with Crippen molar-refractivity contribution in [2.45, 2.75) is 17.2 Å². The van der Waals surface area contributed by atoms with Crippen molar-refractivity contribution in [1.82, 2.24) is 5.32 Å². The monoisotopic (exact) mass is 317 g/mol. The average Bonchev–Trinajstić information content (AvgIpc) is 2.70. The molecule has 2 unspecified atom stereocenters. The van der Waals surface area contributed by atoms with E-state index < -0.39 is 11.2 Å². The van der Waals surface area contributed by atoms with E-state index in [4.69, 9.17) is 0 Å². The van der Waals surface area contributed by atoms with E-state index in [1.807, 2.05) is 24.3 Å². The Hall–Kier alpha value is -1.69. The van der Waals surface area contributed by atoms with Crippen LogP contribution in [-0.2, 0) is 17.6 Å². The Balaban J connectivity index is 2.08. The number of hydrogen-bond acceptors (Lipinski definition) is 4. The number of aromatic hydroxyl groups is 2. The Labute approximate surface area is 133 Å². The molecule has 0 saturated carbocycles. The molecule has 1 aliphatic heterocycles. The van der Waals surface area contributed by atoms with Crippen LogP contribution in [0, 0.1) is 0 Å². The highest BCUT2D eigenvalue weighted by Crippen LogP contribution is 2.36. The molecule has 22 heavy (non-hydrogen) atoms. The van der Waals surface area contributed by atoms with Gasteiger partial charge in [0, 0.05) is 12.5 Å². The molecule has 0 spiro atoms. The zero-order chi connectivity index (χ0) is 15.7. The van der Waals surface area contributed by atoms with Gasteiger partial charge in [0.25, 0.3) is 0 Å². The minimum absolute atomic E-state index is 0.0625. The number of rotatable bonds is 2. The molecule has 2 aromatic carbocycles. The zero-order valence-corrected chi connectivity index (χ0v) is 13.2. The molecule has 0 aromatic heterocycles. The molecule has 1 heterocycles. The van der Waals surface area contributed by atoms with Crippen LogP contribution in [-0.4, -0.2) is 34.1 Å². The van der Waals surface area contributed by atoms with Gasteiger partial charge in [0.2, 0.25) is 0 Å². The quantitative estimate of drug-likeness (QED) is 0.586. The highest BCUT2D eigenvalue weighted by Gasteiger charge is 2.23. The summed E-state index contributed by atoms with van der Waals surface area (Å²) in [5.41, 5.74) is 3.11. The maximum Gasteiger partial charge on any atom is 0.157 e. The second kappa shape index (κ2) is 6.20. The van der Waals surface area contributed by atoms with Crippen LogP contribution in [0.1, 0.15) is 22.6 Å². The molecule has 0 saturated heterocycles. The molecule has 0 aliphatic carbocycles. The molecular weight excluding hydrogens is 298 g/mol. The van der Waals surface area contributed by atoms with Gasteiger partial charge < -0.3 is 20.1 Å². The van der Waals surface area contributed by atoms with E-state index >= 15 is 0 Å². The van der Waals surface area contributed by atoms with Gasteiger partial charge in [-0.2, -0.15) is 0 Å². The molecule has 4 nitrogen and oxygen atoms in total. The fourth-order valence-corrected chi connectivity index (χ4v) is 3.54. The summed E-state index contributed by atoms with van der Waals surface area (Å²) in [6, 6.07) is 11.0. The van der Waals surface area contributed by atoms with E-state index in [0.717, 1.165) is 41.1 Å². The lowest BCUT2D eigenvalue weighted by Crippen LogP contribution is -2.21. The molecular formula is C17H19NO3S. The fourth-order valence-electron chi connectivity index (χ4n) is 2.96. The number of fused-ring (bicyclic) bond motifs is 1. The molecule has 5 heteroatoms. The van der Waals surface area contributed by atoms with Gasteiger partial charge in [0.05, 0.1) is 0 Å². The van der Waals surface area contributed by atoms with Gasteiger partial charge in [0.1, 0.15) is 6.26 Å². The predicted octanol–water partition coefficient (Wildman–Crippen LogP) is 2.11. The topological polar surface area (TPSA) is 75.5 Å². The van der Waals surface area contributed by atoms with E-state index in [-0.39, 0.29) is 17.4 Å². The highest BCUT2D eigenvalue weighted by atomic mass is 32.2. The van der Waals surface area contributed by atoms with Crippen LogP contribution in [0.5, 0.6) is 11.5 Å². The lowest BCUT2D eigenvalue weighted by atomic mass is 9.88. The second-order valence-corrected chi connectivity index (χ2v) is 6.95. The Kier molecular flexibility index (Phi) is 4.29.